The first-order valence-electron chi connectivity index (χ1n) is 6.07. The zero-order valence-electron chi connectivity index (χ0n) is 11.1. The molecule has 1 amide bonds. The molecule has 5 nitrogen and oxygen atoms in total. The monoisotopic (exact) mass is 299 g/mol. The Kier molecular flexibility index (Phi) is 3.64. The number of fused-ring (bicyclic) bond motifs is 1. The normalized spacial score (nSPS) is 20.6. The molecule has 0 bridgehead atoms. The quantitative estimate of drug-likeness (QED) is 0.790. The number of nitrogens with zero attached hydrogens (tertiary/aromatic N) is 1. The van der Waals surface area contributed by atoms with E-state index in [1.165, 1.54) is 32.0 Å². The Morgan fingerprint density at radius 3 is 2.60 bits per heavy atom. The predicted molar refractivity (Wildman–Crippen MR) is 71.4 cm³/mol. The van der Waals surface area contributed by atoms with Crippen LogP contribution in [0.25, 0.3) is 0 Å². The Hall–Kier alpha value is -1.76. The van der Waals surface area contributed by atoms with Gasteiger partial charge in [-0.2, -0.15) is 0 Å². The summed E-state index contributed by atoms with van der Waals surface area (Å²) in [5.41, 5.74) is 0.364. The number of anilines is 1. The van der Waals surface area contributed by atoms with Crippen LogP contribution in [0.4, 0.5) is 10.1 Å². The molecule has 1 heterocycles. The molecule has 1 unspecified atom stereocenters. The van der Waals surface area contributed by atoms with Gasteiger partial charge in [-0.1, -0.05) is 0 Å². The molecule has 1 aliphatic rings. The van der Waals surface area contributed by atoms with Crippen molar-refractivity contribution in [2.75, 3.05) is 18.1 Å². The second-order valence-corrected chi connectivity index (χ2v) is 6.84. The van der Waals surface area contributed by atoms with E-state index in [1.54, 1.807) is 0 Å². The number of benzene rings is 1. The number of sulfone groups is 1. The van der Waals surface area contributed by atoms with Gasteiger partial charge in [0.05, 0.1) is 17.1 Å². The fraction of sp³-hybridized carbons (Fsp3) is 0.385. The molecule has 0 N–H and O–H groups in total. The first kappa shape index (κ1) is 14.6. The molecule has 20 heavy (non-hydrogen) atoms. The lowest BCUT2D eigenvalue weighted by atomic mass is 10.1. The molecule has 0 aromatic heterocycles. The molecule has 0 aliphatic carbocycles. The highest BCUT2D eigenvalue weighted by atomic mass is 32.2. The van der Waals surface area contributed by atoms with E-state index >= 15 is 0 Å². The minimum Gasteiger partial charge on any atom is -0.307 e. The van der Waals surface area contributed by atoms with E-state index in [0.717, 1.165) is 4.90 Å². The smallest absolute Gasteiger partial charge is 0.245 e. The molecule has 1 aromatic carbocycles. The number of hydrogen-bond donors (Lipinski definition) is 0. The summed E-state index contributed by atoms with van der Waals surface area (Å²) in [5, 5.41) is -1.25. The number of amides is 1. The molecular weight excluding hydrogens is 285 g/mol. The molecule has 1 atom stereocenters. The minimum atomic E-state index is -3.79. The van der Waals surface area contributed by atoms with Gasteiger partial charge in [0.1, 0.15) is 11.9 Å². The first-order valence-corrected chi connectivity index (χ1v) is 7.61. The van der Waals surface area contributed by atoms with E-state index in [1.807, 2.05) is 0 Å². The van der Waals surface area contributed by atoms with Crippen LogP contribution in [0.3, 0.4) is 0 Å². The van der Waals surface area contributed by atoms with E-state index in [-0.39, 0.29) is 28.5 Å². The summed E-state index contributed by atoms with van der Waals surface area (Å²) < 4.78 is 37.1. The van der Waals surface area contributed by atoms with E-state index in [0.29, 0.717) is 0 Å². The van der Waals surface area contributed by atoms with E-state index in [4.69, 9.17) is 0 Å². The number of alkyl halides is 1. The standard InChI is InChI=1S/C13H14FNO4S/c1-8(16)10-3-4-12-11(7-10)15(6-5-14)13(17)9(2)20(12,18)19/h3-4,7,9H,5-6H2,1-2H3. The number of carbonyl (C=O) groups is 2. The Balaban J connectivity index is 2.71. The van der Waals surface area contributed by atoms with Gasteiger partial charge < -0.3 is 4.90 Å². The highest BCUT2D eigenvalue weighted by molar-refractivity contribution is 7.93. The summed E-state index contributed by atoms with van der Waals surface area (Å²) in [6, 6.07) is 4.03. The van der Waals surface area contributed by atoms with Gasteiger partial charge in [-0.15, -0.1) is 0 Å². The minimum absolute atomic E-state index is 0.0388. The summed E-state index contributed by atoms with van der Waals surface area (Å²) in [4.78, 5) is 24.5. The fourth-order valence-corrected chi connectivity index (χ4v) is 3.66. The zero-order valence-corrected chi connectivity index (χ0v) is 11.9. The number of hydrogen-bond acceptors (Lipinski definition) is 4. The molecule has 0 spiro atoms. The van der Waals surface area contributed by atoms with Crippen molar-refractivity contribution < 1.29 is 22.4 Å². The topological polar surface area (TPSA) is 71.5 Å². The highest BCUT2D eigenvalue weighted by Crippen LogP contribution is 2.35. The van der Waals surface area contributed by atoms with Crippen molar-refractivity contribution in [3.05, 3.63) is 23.8 Å². The van der Waals surface area contributed by atoms with Crippen LogP contribution in [0.15, 0.2) is 23.1 Å². The molecule has 0 fully saturated rings. The Bertz CT molecular complexity index is 684. The number of halogens is 1. The van der Waals surface area contributed by atoms with Crippen LogP contribution >= 0.6 is 0 Å². The van der Waals surface area contributed by atoms with Crippen LogP contribution < -0.4 is 4.90 Å². The van der Waals surface area contributed by atoms with Crippen LogP contribution in [-0.4, -0.2) is 38.6 Å². The highest BCUT2D eigenvalue weighted by Gasteiger charge is 2.41. The van der Waals surface area contributed by atoms with Crippen molar-refractivity contribution in [1.82, 2.24) is 0 Å². The number of rotatable bonds is 3. The molecule has 0 saturated carbocycles. The van der Waals surface area contributed by atoms with Crippen molar-refractivity contribution in [2.24, 2.45) is 0 Å². The third-order valence-electron chi connectivity index (χ3n) is 3.35. The average molecular weight is 299 g/mol. The lowest BCUT2D eigenvalue weighted by Crippen LogP contribution is -2.47. The van der Waals surface area contributed by atoms with Gasteiger partial charge in [0.25, 0.3) is 0 Å². The first-order chi connectivity index (χ1) is 9.30. The summed E-state index contributed by atoms with van der Waals surface area (Å²) in [7, 11) is -3.79. The molecule has 1 aromatic rings. The maximum atomic E-state index is 12.6. The van der Waals surface area contributed by atoms with Gasteiger partial charge in [0.2, 0.25) is 5.91 Å². The summed E-state index contributed by atoms with van der Waals surface area (Å²) in [6.45, 7) is 1.60. The summed E-state index contributed by atoms with van der Waals surface area (Å²) in [5.74, 6) is -0.924. The Labute approximate surface area is 116 Å². The van der Waals surface area contributed by atoms with Crippen LogP contribution in [0.1, 0.15) is 24.2 Å². The molecule has 0 saturated heterocycles. The molecule has 7 heteroatoms. The van der Waals surface area contributed by atoms with Gasteiger partial charge in [-0.3, -0.25) is 9.59 Å². The Morgan fingerprint density at radius 1 is 1.40 bits per heavy atom. The number of carbonyl (C=O) groups excluding carboxylic acids is 2. The lowest BCUT2D eigenvalue weighted by Gasteiger charge is -2.32. The van der Waals surface area contributed by atoms with Crippen LogP contribution in [0, 0.1) is 0 Å². The van der Waals surface area contributed by atoms with Gasteiger partial charge in [-0.25, -0.2) is 12.8 Å². The van der Waals surface area contributed by atoms with Crippen molar-refractivity contribution in [2.45, 2.75) is 24.0 Å². The SMILES string of the molecule is CC(=O)c1ccc2c(c1)N(CCF)C(=O)C(C)S2(=O)=O. The second-order valence-electron chi connectivity index (χ2n) is 4.60. The third kappa shape index (κ3) is 2.11. The molecular formula is C13H14FNO4S. The third-order valence-corrected chi connectivity index (χ3v) is 5.44. The van der Waals surface area contributed by atoms with E-state index in [2.05, 4.69) is 0 Å². The maximum absolute atomic E-state index is 12.6. The van der Waals surface area contributed by atoms with Gasteiger partial charge >= 0.3 is 0 Å². The maximum Gasteiger partial charge on any atom is 0.245 e. The van der Waals surface area contributed by atoms with Gasteiger partial charge in [0, 0.05) is 5.56 Å². The molecule has 0 radical (unpaired) electrons. The van der Waals surface area contributed by atoms with Crippen LogP contribution in [0.5, 0.6) is 0 Å². The predicted octanol–water partition coefficient (Wildman–Crippen LogP) is 1.37. The van der Waals surface area contributed by atoms with Gasteiger partial charge in [-0.05, 0) is 32.0 Å². The largest absolute Gasteiger partial charge is 0.307 e. The van der Waals surface area contributed by atoms with E-state index in [9.17, 15) is 22.4 Å². The second kappa shape index (κ2) is 4.97. The van der Waals surface area contributed by atoms with Crippen molar-refractivity contribution >= 4 is 27.2 Å². The molecule has 1 aliphatic heterocycles. The number of Topliss-reactive ketones (excluding diaryl/α,β-unsaturated/α-hetero) is 1. The number of ketones is 1. The lowest BCUT2D eigenvalue weighted by molar-refractivity contribution is -0.118. The van der Waals surface area contributed by atoms with Gasteiger partial charge in [0.15, 0.2) is 15.6 Å². The van der Waals surface area contributed by atoms with Crippen molar-refractivity contribution in [3.63, 3.8) is 0 Å². The Morgan fingerprint density at radius 2 is 2.05 bits per heavy atom. The van der Waals surface area contributed by atoms with Crippen LogP contribution in [-0.2, 0) is 14.6 Å². The zero-order chi connectivity index (χ0) is 15.1. The van der Waals surface area contributed by atoms with Crippen LogP contribution in [0.2, 0.25) is 0 Å². The summed E-state index contributed by atoms with van der Waals surface area (Å²) >= 11 is 0. The fourth-order valence-electron chi connectivity index (χ4n) is 2.16. The molecule has 108 valence electrons. The van der Waals surface area contributed by atoms with Crippen molar-refractivity contribution in [1.29, 1.82) is 0 Å². The van der Waals surface area contributed by atoms with Crippen molar-refractivity contribution in [3.8, 4) is 0 Å². The average Bonchev–Trinajstić information content (AvgIpc) is 2.41. The molecule has 2 rings (SSSR count). The summed E-state index contributed by atoms with van der Waals surface area (Å²) in [6.07, 6.45) is 0. The van der Waals surface area contributed by atoms with E-state index < -0.39 is 27.7 Å².